The molecule has 42 heavy (non-hydrogen) atoms. The van der Waals surface area contributed by atoms with E-state index in [2.05, 4.69) is 10.6 Å². The fourth-order valence-corrected chi connectivity index (χ4v) is 8.68. The van der Waals surface area contributed by atoms with E-state index in [1.54, 1.807) is 0 Å². The van der Waals surface area contributed by atoms with Gasteiger partial charge < -0.3 is 20.8 Å². The van der Waals surface area contributed by atoms with Gasteiger partial charge >= 0.3 is 0 Å². The number of anilines is 4. The van der Waals surface area contributed by atoms with Crippen LogP contribution in [0.1, 0.15) is 62.5 Å². The third-order valence-corrected chi connectivity index (χ3v) is 10.7. The fourth-order valence-electron chi connectivity index (χ4n) is 8.68. The highest BCUT2D eigenvalue weighted by Gasteiger charge is 2.48. The topological polar surface area (TPSA) is 111 Å². The van der Waals surface area contributed by atoms with Crippen LogP contribution in [0.4, 0.5) is 22.7 Å². The molecule has 3 fully saturated rings. The van der Waals surface area contributed by atoms with Gasteiger partial charge in [-0.15, -0.1) is 12.2 Å². The molecule has 4 heterocycles. The third-order valence-electron chi connectivity index (χ3n) is 10.7. The summed E-state index contributed by atoms with van der Waals surface area (Å²) in [6.07, 6.45) is 0.151. The maximum Gasteiger partial charge on any atom is 0.229 e. The van der Waals surface area contributed by atoms with Crippen LogP contribution in [0.15, 0.2) is 60.7 Å². The molecule has 0 aromatic heterocycles. The highest BCUT2D eigenvalue weighted by atomic mass is 16.3. The van der Waals surface area contributed by atoms with Gasteiger partial charge in [0.1, 0.15) is 11.3 Å². The van der Waals surface area contributed by atoms with Gasteiger partial charge in [-0.3, -0.25) is 19.4 Å². The van der Waals surface area contributed by atoms with E-state index >= 15 is 0 Å². The average Bonchev–Trinajstić information content (AvgIpc) is 3.45. The van der Waals surface area contributed by atoms with Crippen molar-refractivity contribution in [1.29, 1.82) is 0 Å². The molecule has 0 bridgehead atoms. The summed E-state index contributed by atoms with van der Waals surface area (Å²) in [7, 11) is 0. The monoisotopic (exact) mass is 558 g/mol. The number of nitrogens with one attached hydrogen (secondary N) is 2. The van der Waals surface area contributed by atoms with Crippen LogP contribution in [0.5, 0.6) is 0 Å². The molecule has 9 rings (SSSR count). The zero-order valence-electron chi connectivity index (χ0n) is 23.4. The number of benzene rings is 4. The Morgan fingerprint density at radius 3 is 1.52 bits per heavy atom. The van der Waals surface area contributed by atoms with Crippen LogP contribution in [-0.2, 0) is 9.59 Å². The second kappa shape index (κ2) is 7.82. The lowest BCUT2D eigenvalue weighted by Gasteiger charge is -2.62. The van der Waals surface area contributed by atoms with Gasteiger partial charge in [0.05, 0.1) is 11.4 Å². The molecule has 0 radical (unpaired) electrons. The summed E-state index contributed by atoms with van der Waals surface area (Å²) in [4.78, 5) is 29.5. The van der Waals surface area contributed by atoms with Crippen molar-refractivity contribution in [1.82, 2.24) is 0 Å². The molecule has 8 heteroatoms. The summed E-state index contributed by atoms with van der Waals surface area (Å²) in [6, 6.07) is 19.5. The first-order valence-corrected chi connectivity index (χ1v) is 14.9. The number of fused-ring (bicyclic) bond motifs is 4. The lowest BCUT2D eigenvalue weighted by atomic mass is 9.62. The number of rotatable bonds is 2. The van der Waals surface area contributed by atoms with Gasteiger partial charge in [0.2, 0.25) is 11.8 Å². The van der Waals surface area contributed by atoms with Crippen molar-refractivity contribution < 1.29 is 19.8 Å². The van der Waals surface area contributed by atoms with Crippen LogP contribution in [-0.4, -0.2) is 35.3 Å². The number of nitrogens with zero attached hydrogens (tertiary/aromatic N) is 2. The molecule has 2 atom stereocenters. The minimum atomic E-state index is -1.12. The van der Waals surface area contributed by atoms with Gasteiger partial charge in [0.15, 0.2) is 0 Å². The van der Waals surface area contributed by atoms with E-state index < -0.39 is 35.4 Å². The van der Waals surface area contributed by atoms with Gasteiger partial charge in [-0.1, -0.05) is 36.4 Å². The summed E-state index contributed by atoms with van der Waals surface area (Å²) < 4.78 is 0. The minimum absolute atomic E-state index is 0.0777. The third kappa shape index (κ3) is 2.84. The molecule has 8 nitrogen and oxygen atoms in total. The standard InChI is InChI=1S/C34H30N4O4/c1-33-15-13-25(39)37(33)23-7-3-5-17-19(9-11-21(35-33)27(17)23)29-31(41)30(32(29)42)20-10-12-22-28-18(20)6-4-8-24(28)38-26(40)14-16-34(38,2)36-22/h3-12,29-32,35-36H,13-16H2,1-2H3/q-2. The van der Waals surface area contributed by atoms with Crippen LogP contribution in [0.2, 0.25) is 0 Å². The van der Waals surface area contributed by atoms with E-state index in [1.165, 1.54) is 0 Å². The Morgan fingerprint density at radius 2 is 1.10 bits per heavy atom. The Labute approximate surface area is 242 Å². The molecule has 2 amide bonds. The largest absolute Gasteiger partial charge is 0.851 e. The molecular formula is C34H30N4O4-2. The number of hydrogen-bond acceptors (Lipinski definition) is 6. The van der Waals surface area contributed by atoms with Crippen LogP contribution < -0.4 is 30.6 Å². The van der Waals surface area contributed by atoms with Gasteiger partial charge in [-0.05, 0) is 84.7 Å². The van der Waals surface area contributed by atoms with Crippen LogP contribution in [0.3, 0.4) is 0 Å². The summed E-state index contributed by atoms with van der Waals surface area (Å²) in [5, 5.41) is 38.8. The van der Waals surface area contributed by atoms with Gasteiger partial charge in [-0.25, -0.2) is 0 Å². The molecule has 4 aromatic carbocycles. The zero-order chi connectivity index (χ0) is 28.7. The molecule has 212 valence electrons. The predicted molar refractivity (Wildman–Crippen MR) is 158 cm³/mol. The highest BCUT2D eigenvalue weighted by Crippen LogP contribution is 2.54. The molecule has 0 spiro atoms. The van der Waals surface area contributed by atoms with Crippen molar-refractivity contribution in [2.75, 3.05) is 20.4 Å². The molecule has 5 aliphatic rings. The molecule has 2 N–H and O–H groups in total. The lowest BCUT2D eigenvalue weighted by Crippen LogP contribution is -2.63. The number of carbonyl (C=O) groups is 2. The second-order valence-electron chi connectivity index (χ2n) is 13.0. The summed E-state index contributed by atoms with van der Waals surface area (Å²) in [5.41, 5.74) is 4.09. The maximum absolute atomic E-state index is 14.1. The van der Waals surface area contributed by atoms with E-state index in [9.17, 15) is 19.8 Å². The van der Waals surface area contributed by atoms with E-state index in [-0.39, 0.29) is 11.8 Å². The summed E-state index contributed by atoms with van der Waals surface area (Å²) in [5.74, 6) is -1.24. The normalized spacial score (nSPS) is 32.5. The molecule has 2 unspecified atom stereocenters. The molecular weight excluding hydrogens is 528 g/mol. The number of amides is 2. The smallest absolute Gasteiger partial charge is 0.229 e. The van der Waals surface area contributed by atoms with Crippen molar-refractivity contribution >= 4 is 56.1 Å². The fraction of sp³-hybridized carbons (Fsp3) is 0.353. The van der Waals surface area contributed by atoms with Crippen LogP contribution in [0, 0.1) is 0 Å². The van der Waals surface area contributed by atoms with E-state index in [0.29, 0.717) is 25.7 Å². The first-order chi connectivity index (χ1) is 20.2. The quantitative estimate of drug-likeness (QED) is 0.387. The molecule has 1 saturated carbocycles. The molecule has 4 aliphatic heterocycles. The summed E-state index contributed by atoms with van der Waals surface area (Å²) in [6.45, 7) is 4.09. The Morgan fingerprint density at radius 1 is 0.667 bits per heavy atom. The first kappa shape index (κ1) is 24.5. The van der Waals surface area contributed by atoms with Crippen molar-refractivity contribution in [2.45, 2.75) is 74.9 Å². The molecule has 1 aliphatic carbocycles. The second-order valence-corrected chi connectivity index (χ2v) is 13.0. The van der Waals surface area contributed by atoms with Gasteiger partial charge in [0, 0.05) is 35.0 Å². The van der Waals surface area contributed by atoms with Crippen molar-refractivity contribution in [3.05, 3.63) is 71.8 Å². The Hall–Kier alpha value is -4.14. The Kier molecular flexibility index (Phi) is 4.55. The molecule has 2 saturated heterocycles. The number of carbonyl (C=O) groups excluding carboxylic acids is 2. The van der Waals surface area contributed by atoms with Gasteiger partial charge in [0.25, 0.3) is 0 Å². The predicted octanol–water partition coefficient (Wildman–Crippen LogP) is 3.87. The van der Waals surface area contributed by atoms with Crippen molar-refractivity contribution in [3.8, 4) is 0 Å². The van der Waals surface area contributed by atoms with E-state index in [4.69, 9.17) is 0 Å². The zero-order valence-corrected chi connectivity index (χ0v) is 23.4. The number of hydrogen-bond donors (Lipinski definition) is 2. The van der Waals surface area contributed by atoms with Crippen molar-refractivity contribution in [3.63, 3.8) is 0 Å². The SMILES string of the molecule is CC12CCC(=O)N1c1cccc3c(C4C([O-])C(c5ccc6c7c(cccc57)N5C(=O)CCC5(C)N6)C4[O-])ccc(c13)N2. The highest BCUT2D eigenvalue weighted by molar-refractivity contribution is 6.15. The average molecular weight is 559 g/mol. The molecule has 4 aromatic rings. The van der Waals surface area contributed by atoms with E-state index in [1.807, 2.05) is 84.3 Å². The van der Waals surface area contributed by atoms with Gasteiger partial charge in [-0.2, -0.15) is 0 Å². The Bertz CT molecular complexity index is 1760. The van der Waals surface area contributed by atoms with Crippen LogP contribution in [0.25, 0.3) is 21.5 Å². The lowest BCUT2D eigenvalue weighted by molar-refractivity contribution is -0.535. The summed E-state index contributed by atoms with van der Waals surface area (Å²) >= 11 is 0. The van der Waals surface area contributed by atoms with Crippen molar-refractivity contribution in [2.24, 2.45) is 0 Å². The Balaban J connectivity index is 1.13. The van der Waals surface area contributed by atoms with E-state index in [0.717, 1.165) is 55.4 Å². The minimum Gasteiger partial charge on any atom is -0.851 e. The maximum atomic E-state index is 14.1. The first-order valence-electron chi connectivity index (χ1n) is 14.9. The van der Waals surface area contributed by atoms with Crippen LogP contribution >= 0.6 is 0 Å².